The minimum atomic E-state index is -0.502. The van der Waals surface area contributed by atoms with Crippen LogP contribution in [0.25, 0.3) is 0 Å². The van der Waals surface area contributed by atoms with Crippen molar-refractivity contribution in [1.29, 1.82) is 5.26 Å². The molecule has 114 valence electrons. The lowest BCUT2D eigenvalue weighted by Gasteiger charge is -2.27. The molecule has 2 atom stereocenters. The Hall–Kier alpha value is -1.53. The first-order valence-electron chi connectivity index (χ1n) is 7.87. The number of hydrogen-bond donors (Lipinski definition) is 1. The molecule has 1 aliphatic carbocycles. The fraction of sp³-hybridized carbons (Fsp3) is 0.611. The molecule has 0 saturated heterocycles. The molecule has 1 fully saturated rings. The lowest BCUT2D eigenvalue weighted by atomic mass is 9.96. The molecule has 0 heterocycles. The van der Waals surface area contributed by atoms with Crippen LogP contribution in [-0.4, -0.2) is 17.7 Å². The van der Waals surface area contributed by atoms with Crippen molar-refractivity contribution in [1.82, 2.24) is 5.32 Å². The highest BCUT2D eigenvalue weighted by Gasteiger charge is 2.34. The van der Waals surface area contributed by atoms with Crippen LogP contribution >= 0.6 is 0 Å². The van der Waals surface area contributed by atoms with Gasteiger partial charge >= 0.3 is 0 Å². The molecule has 3 heteroatoms. The van der Waals surface area contributed by atoms with Gasteiger partial charge in [0.1, 0.15) is 11.3 Å². The van der Waals surface area contributed by atoms with E-state index in [1.54, 1.807) is 0 Å². The van der Waals surface area contributed by atoms with Crippen LogP contribution in [0, 0.1) is 11.3 Å². The standard InChI is InChI=1S/C18H26N2O/c1-13(2)15-5-9-17(10-6-15)21-14(3)11-18(4,12-19)20-16-7-8-16/h5-6,9-10,13-14,16,20H,7-8,11H2,1-4H3. The summed E-state index contributed by atoms with van der Waals surface area (Å²) in [5.41, 5.74) is 0.811. The van der Waals surface area contributed by atoms with Crippen LogP contribution in [0.3, 0.4) is 0 Å². The van der Waals surface area contributed by atoms with E-state index in [-0.39, 0.29) is 6.10 Å². The van der Waals surface area contributed by atoms with Gasteiger partial charge in [0.2, 0.25) is 0 Å². The minimum absolute atomic E-state index is 0.00537. The van der Waals surface area contributed by atoms with Crippen LogP contribution in [0.5, 0.6) is 5.75 Å². The van der Waals surface area contributed by atoms with Gasteiger partial charge in [0.05, 0.1) is 12.2 Å². The van der Waals surface area contributed by atoms with E-state index in [2.05, 4.69) is 37.4 Å². The fourth-order valence-corrected chi connectivity index (χ4v) is 2.60. The molecule has 0 radical (unpaired) electrons. The lowest BCUT2D eigenvalue weighted by molar-refractivity contribution is 0.179. The Kier molecular flexibility index (Phi) is 4.90. The summed E-state index contributed by atoms with van der Waals surface area (Å²) in [6.45, 7) is 8.36. The van der Waals surface area contributed by atoms with Gasteiger partial charge in [-0.2, -0.15) is 5.26 Å². The third-order valence-electron chi connectivity index (χ3n) is 3.93. The number of rotatable bonds is 7. The summed E-state index contributed by atoms with van der Waals surface area (Å²) >= 11 is 0. The molecule has 2 unspecified atom stereocenters. The Labute approximate surface area is 128 Å². The monoisotopic (exact) mass is 286 g/mol. The molecule has 1 aromatic rings. The van der Waals surface area contributed by atoms with Crippen LogP contribution in [0.15, 0.2) is 24.3 Å². The van der Waals surface area contributed by atoms with E-state index in [0.29, 0.717) is 18.4 Å². The highest BCUT2D eigenvalue weighted by atomic mass is 16.5. The van der Waals surface area contributed by atoms with E-state index in [0.717, 1.165) is 5.75 Å². The summed E-state index contributed by atoms with van der Waals surface area (Å²) in [5, 5.41) is 12.8. The van der Waals surface area contributed by atoms with Gasteiger partial charge in [-0.15, -0.1) is 0 Å². The third kappa shape index (κ3) is 4.75. The first-order valence-corrected chi connectivity index (χ1v) is 7.87. The number of nitrogens with zero attached hydrogens (tertiary/aromatic N) is 1. The van der Waals surface area contributed by atoms with Crippen LogP contribution in [0.4, 0.5) is 0 Å². The Morgan fingerprint density at radius 1 is 1.29 bits per heavy atom. The lowest BCUT2D eigenvalue weighted by Crippen LogP contribution is -2.45. The molecule has 1 N–H and O–H groups in total. The number of ether oxygens (including phenoxy) is 1. The van der Waals surface area contributed by atoms with E-state index in [9.17, 15) is 5.26 Å². The van der Waals surface area contributed by atoms with Crippen molar-refractivity contribution in [3.63, 3.8) is 0 Å². The zero-order valence-electron chi connectivity index (χ0n) is 13.5. The SMILES string of the molecule is CC(CC(C)(C#N)NC1CC1)Oc1ccc(C(C)C)cc1. The quantitative estimate of drug-likeness (QED) is 0.824. The van der Waals surface area contributed by atoms with Gasteiger partial charge in [-0.1, -0.05) is 26.0 Å². The van der Waals surface area contributed by atoms with Gasteiger partial charge in [-0.3, -0.25) is 5.32 Å². The van der Waals surface area contributed by atoms with E-state index >= 15 is 0 Å². The van der Waals surface area contributed by atoms with Crippen LogP contribution < -0.4 is 10.1 Å². The first-order chi connectivity index (χ1) is 9.92. The molecule has 21 heavy (non-hydrogen) atoms. The maximum Gasteiger partial charge on any atom is 0.119 e. The molecule has 0 spiro atoms. The van der Waals surface area contributed by atoms with Gasteiger partial charge < -0.3 is 4.74 Å². The van der Waals surface area contributed by atoms with E-state index in [1.807, 2.05) is 26.0 Å². The van der Waals surface area contributed by atoms with Crippen molar-refractivity contribution in [2.24, 2.45) is 0 Å². The number of nitriles is 1. The van der Waals surface area contributed by atoms with Crippen LogP contribution in [0.2, 0.25) is 0 Å². The molecular formula is C18H26N2O. The summed E-state index contributed by atoms with van der Waals surface area (Å²) in [6.07, 6.45) is 3.06. The Morgan fingerprint density at radius 2 is 1.90 bits per heavy atom. The Bertz CT molecular complexity index is 499. The highest BCUT2D eigenvalue weighted by molar-refractivity contribution is 5.29. The normalized spacial score (nSPS) is 18.9. The fourth-order valence-electron chi connectivity index (χ4n) is 2.60. The van der Waals surface area contributed by atoms with Gasteiger partial charge in [0.15, 0.2) is 0 Å². The van der Waals surface area contributed by atoms with E-state index < -0.39 is 5.54 Å². The average Bonchev–Trinajstić information content (AvgIpc) is 3.22. The molecule has 0 aromatic heterocycles. The molecular weight excluding hydrogens is 260 g/mol. The van der Waals surface area contributed by atoms with E-state index in [4.69, 9.17) is 4.74 Å². The van der Waals surface area contributed by atoms with Crippen molar-refractivity contribution in [2.45, 2.75) is 70.6 Å². The molecule has 1 saturated carbocycles. The van der Waals surface area contributed by atoms with Crippen molar-refractivity contribution in [3.8, 4) is 11.8 Å². The number of benzene rings is 1. The second kappa shape index (κ2) is 6.49. The van der Waals surface area contributed by atoms with Crippen molar-refractivity contribution in [3.05, 3.63) is 29.8 Å². The smallest absolute Gasteiger partial charge is 0.119 e. The van der Waals surface area contributed by atoms with E-state index in [1.165, 1.54) is 18.4 Å². The summed E-state index contributed by atoms with van der Waals surface area (Å²) in [7, 11) is 0. The second-order valence-electron chi connectivity index (χ2n) is 6.72. The summed E-state index contributed by atoms with van der Waals surface area (Å²) in [5.74, 6) is 1.40. The largest absolute Gasteiger partial charge is 0.491 e. The second-order valence-corrected chi connectivity index (χ2v) is 6.72. The summed E-state index contributed by atoms with van der Waals surface area (Å²) in [6, 6.07) is 11.2. The predicted molar refractivity (Wildman–Crippen MR) is 85.4 cm³/mol. The molecule has 1 aromatic carbocycles. The Morgan fingerprint density at radius 3 is 2.38 bits per heavy atom. The summed E-state index contributed by atoms with van der Waals surface area (Å²) in [4.78, 5) is 0. The van der Waals surface area contributed by atoms with Gasteiger partial charge in [0.25, 0.3) is 0 Å². The molecule has 0 amide bonds. The van der Waals surface area contributed by atoms with Gasteiger partial charge in [-0.25, -0.2) is 0 Å². The average molecular weight is 286 g/mol. The van der Waals surface area contributed by atoms with Crippen molar-refractivity contribution < 1.29 is 4.74 Å². The molecule has 2 rings (SSSR count). The van der Waals surface area contributed by atoms with Crippen LogP contribution in [-0.2, 0) is 0 Å². The van der Waals surface area contributed by atoms with Crippen molar-refractivity contribution in [2.75, 3.05) is 0 Å². The maximum absolute atomic E-state index is 9.41. The number of nitrogens with one attached hydrogen (secondary N) is 1. The molecule has 0 bridgehead atoms. The summed E-state index contributed by atoms with van der Waals surface area (Å²) < 4.78 is 5.96. The third-order valence-corrected chi connectivity index (χ3v) is 3.93. The topological polar surface area (TPSA) is 45.0 Å². The number of hydrogen-bond acceptors (Lipinski definition) is 3. The van der Waals surface area contributed by atoms with Crippen molar-refractivity contribution >= 4 is 0 Å². The zero-order chi connectivity index (χ0) is 15.5. The zero-order valence-corrected chi connectivity index (χ0v) is 13.5. The minimum Gasteiger partial charge on any atom is -0.491 e. The maximum atomic E-state index is 9.41. The highest BCUT2D eigenvalue weighted by Crippen LogP contribution is 2.26. The van der Waals surface area contributed by atoms with Crippen LogP contribution in [0.1, 0.15) is 58.4 Å². The molecule has 3 nitrogen and oxygen atoms in total. The predicted octanol–water partition coefficient (Wildman–Crippen LogP) is 4.00. The van der Waals surface area contributed by atoms with Gasteiger partial charge in [-0.05, 0) is 50.3 Å². The first kappa shape index (κ1) is 15.9. The van der Waals surface area contributed by atoms with Gasteiger partial charge in [0, 0.05) is 12.5 Å². The molecule has 1 aliphatic rings. The Balaban J connectivity index is 1.90. The molecule has 0 aliphatic heterocycles.